The van der Waals surface area contributed by atoms with Crippen molar-refractivity contribution in [1.82, 2.24) is 10.3 Å². The van der Waals surface area contributed by atoms with E-state index in [1.807, 2.05) is 30.5 Å². The number of allylic oxidation sites excluding steroid dienone is 1. The second kappa shape index (κ2) is 10.3. The number of hydrogen-bond acceptors (Lipinski definition) is 4. The molecule has 208 valence electrons. The lowest BCUT2D eigenvalue weighted by atomic mass is 9.47. The monoisotopic (exact) mass is 530 g/mol. The fourth-order valence-corrected chi connectivity index (χ4v) is 8.90. The Balaban J connectivity index is 0.991. The molecule has 4 aliphatic rings. The van der Waals surface area contributed by atoms with Crippen molar-refractivity contribution in [1.29, 1.82) is 0 Å². The molecule has 1 aromatic carbocycles. The molecule has 0 aliphatic heterocycles. The first-order chi connectivity index (χ1) is 18.8. The van der Waals surface area contributed by atoms with Gasteiger partial charge in [-0.1, -0.05) is 37.6 Å². The van der Waals surface area contributed by atoms with E-state index >= 15 is 0 Å². The Hall–Kier alpha value is -2.89. The number of ketones is 1. The molecule has 4 aliphatic carbocycles. The van der Waals surface area contributed by atoms with Gasteiger partial charge in [-0.2, -0.15) is 0 Å². The molecule has 2 N–H and O–H groups in total. The van der Waals surface area contributed by atoms with Crippen molar-refractivity contribution in [2.24, 2.45) is 28.6 Å². The van der Waals surface area contributed by atoms with Gasteiger partial charge in [-0.25, -0.2) is 0 Å². The quantitative estimate of drug-likeness (QED) is 0.427. The van der Waals surface area contributed by atoms with Crippen LogP contribution in [0.5, 0.6) is 0 Å². The Bertz CT molecular complexity index is 1310. The van der Waals surface area contributed by atoms with E-state index in [0.717, 1.165) is 56.9 Å². The minimum Gasteiger partial charge on any atom is -0.462 e. The van der Waals surface area contributed by atoms with Crippen molar-refractivity contribution in [2.75, 3.05) is 6.54 Å². The molecule has 0 radical (unpaired) electrons. The highest BCUT2D eigenvalue weighted by Gasteiger charge is 2.59. The smallest absolute Gasteiger partial charge is 0.306 e. The lowest BCUT2D eigenvalue weighted by Gasteiger charge is -2.57. The highest BCUT2D eigenvalue weighted by Crippen LogP contribution is 2.65. The molecule has 2 aromatic rings. The highest BCUT2D eigenvalue weighted by atomic mass is 16.5. The van der Waals surface area contributed by atoms with Crippen molar-refractivity contribution >= 4 is 28.6 Å². The number of hydrogen-bond donors (Lipinski definition) is 2. The van der Waals surface area contributed by atoms with Gasteiger partial charge in [0.1, 0.15) is 6.10 Å². The van der Waals surface area contributed by atoms with Crippen LogP contribution in [0.15, 0.2) is 42.1 Å². The third-order valence-corrected chi connectivity index (χ3v) is 11.1. The Kier molecular flexibility index (Phi) is 6.93. The summed E-state index contributed by atoms with van der Waals surface area (Å²) < 4.78 is 6.09. The Morgan fingerprint density at radius 2 is 1.87 bits per heavy atom. The van der Waals surface area contributed by atoms with E-state index in [1.165, 1.54) is 16.5 Å². The van der Waals surface area contributed by atoms with Crippen LogP contribution in [0.2, 0.25) is 0 Å². The highest BCUT2D eigenvalue weighted by molar-refractivity contribution is 5.91. The predicted octanol–water partition coefficient (Wildman–Crippen LogP) is 6.05. The number of para-hydroxylation sites is 1. The summed E-state index contributed by atoms with van der Waals surface area (Å²) in [5, 5.41) is 4.14. The molecule has 3 saturated carbocycles. The molecule has 1 amide bonds. The zero-order valence-corrected chi connectivity index (χ0v) is 23.4. The van der Waals surface area contributed by atoms with Crippen LogP contribution >= 0.6 is 0 Å². The zero-order chi connectivity index (χ0) is 27.2. The van der Waals surface area contributed by atoms with Crippen LogP contribution < -0.4 is 5.32 Å². The molecular formula is C33H42N2O4. The zero-order valence-electron chi connectivity index (χ0n) is 23.4. The lowest BCUT2D eigenvalue weighted by Crippen LogP contribution is -2.51. The number of aromatic amines is 1. The second-order valence-corrected chi connectivity index (χ2v) is 13.0. The van der Waals surface area contributed by atoms with E-state index in [2.05, 4.69) is 30.2 Å². The summed E-state index contributed by atoms with van der Waals surface area (Å²) in [4.78, 5) is 40.6. The number of carbonyl (C=O) groups excluding carboxylic acids is 3. The van der Waals surface area contributed by atoms with Gasteiger partial charge in [0.05, 0.1) is 6.42 Å². The Morgan fingerprint density at radius 3 is 2.74 bits per heavy atom. The summed E-state index contributed by atoms with van der Waals surface area (Å²) in [5.41, 5.74) is 3.85. The number of esters is 1. The SMILES string of the molecule is C[C@]12CC[C@@H]3[C@H](CCC4=CC(=O)CC[C@@]43C)[C@@H]1CC[C@@H]2OC(=O)CCC(=O)NCCc1c[nH]c2ccccc12. The standard InChI is InChI=1S/C33H42N2O4/c1-32-16-13-23(36)19-22(32)7-8-25-26-9-10-29(33(26,2)17-14-27(25)32)39-31(38)12-11-30(37)34-18-15-21-20-35-28-6-4-3-5-24(21)28/h3-6,19-20,25-27,29,35H,7-18H2,1-2H3,(H,34,37)/t25-,26+,27-,29+,32+,33+/m1/s1. The third kappa shape index (κ3) is 4.74. The van der Waals surface area contributed by atoms with Crippen LogP contribution in [0.25, 0.3) is 10.9 Å². The number of fused-ring (bicyclic) bond motifs is 6. The van der Waals surface area contributed by atoms with Crippen LogP contribution in [-0.2, 0) is 25.5 Å². The average molecular weight is 531 g/mol. The molecule has 0 unspecified atom stereocenters. The topological polar surface area (TPSA) is 88.3 Å². The molecule has 1 heterocycles. The second-order valence-electron chi connectivity index (χ2n) is 13.0. The summed E-state index contributed by atoms with van der Waals surface area (Å²) >= 11 is 0. The van der Waals surface area contributed by atoms with Crippen LogP contribution in [-0.4, -0.2) is 35.3 Å². The summed E-state index contributed by atoms with van der Waals surface area (Å²) in [7, 11) is 0. The first-order valence-corrected chi connectivity index (χ1v) is 15.0. The van der Waals surface area contributed by atoms with Crippen molar-refractivity contribution in [3.8, 4) is 0 Å². The van der Waals surface area contributed by atoms with Gasteiger partial charge in [0.15, 0.2) is 5.78 Å². The molecule has 3 fully saturated rings. The van der Waals surface area contributed by atoms with Crippen LogP contribution in [0.1, 0.15) is 83.6 Å². The summed E-state index contributed by atoms with van der Waals surface area (Å²) in [6.07, 6.45) is 13.1. The van der Waals surface area contributed by atoms with Gasteiger partial charge in [-0.3, -0.25) is 14.4 Å². The first kappa shape index (κ1) is 26.3. The number of carbonyl (C=O) groups is 3. The lowest BCUT2D eigenvalue weighted by molar-refractivity contribution is -0.160. The van der Waals surface area contributed by atoms with E-state index in [0.29, 0.717) is 36.5 Å². The van der Waals surface area contributed by atoms with Gasteiger partial charge >= 0.3 is 5.97 Å². The average Bonchev–Trinajstić information content (AvgIpc) is 3.48. The van der Waals surface area contributed by atoms with E-state index < -0.39 is 0 Å². The maximum atomic E-state index is 12.8. The molecule has 0 spiro atoms. The minimum atomic E-state index is -0.248. The van der Waals surface area contributed by atoms with E-state index in [4.69, 9.17) is 4.74 Å². The number of ether oxygens (including phenoxy) is 1. The van der Waals surface area contributed by atoms with Gasteiger partial charge in [0.2, 0.25) is 5.91 Å². The number of rotatable bonds is 7. The van der Waals surface area contributed by atoms with Crippen molar-refractivity contribution in [2.45, 2.75) is 90.6 Å². The van der Waals surface area contributed by atoms with Crippen molar-refractivity contribution in [3.05, 3.63) is 47.7 Å². The largest absolute Gasteiger partial charge is 0.462 e. The molecular weight excluding hydrogens is 488 g/mol. The van der Waals surface area contributed by atoms with Crippen LogP contribution in [0.4, 0.5) is 0 Å². The predicted molar refractivity (Wildman–Crippen MR) is 151 cm³/mol. The van der Waals surface area contributed by atoms with Gasteiger partial charge in [0.25, 0.3) is 0 Å². The number of benzene rings is 1. The third-order valence-electron chi connectivity index (χ3n) is 11.1. The van der Waals surface area contributed by atoms with Gasteiger partial charge in [-0.15, -0.1) is 0 Å². The summed E-state index contributed by atoms with van der Waals surface area (Å²) in [6.45, 7) is 5.29. The fraction of sp³-hybridized carbons (Fsp3) is 0.606. The van der Waals surface area contributed by atoms with Gasteiger partial charge in [0, 0.05) is 41.9 Å². The molecule has 6 atom stereocenters. The van der Waals surface area contributed by atoms with Gasteiger partial charge in [-0.05, 0) is 92.2 Å². The number of H-pyrrole nitrogens is 1. The normalized spacial score (nSPS) is 33.6. The van der Waals surface area contributed by atoms with Gasteiger partial charge < -0.3 is 15.0 Å². The maximum Gasteiger partial charge on any atom is 0.306 e. The number of aromatic nitrogens is 1. The van der Waals surface area contributed by atoms with E-state index in [9.17, 15) is 14.4 Å². The summed E-state index contributed by atoms with van der Waals surface area (Å²) in [5.74, 6) is 1.79. The van der Waals surface area contributed by atoms with Crippen LogP contribution in [0, 0.1) is 28.6 Å². The van der Waals surface area contributed by atoms with Crippen molar-refractivity contribution in [3.63, 3.8) is 0 Å². The van der Waals surface area contributed by atoms with Crippen molar-refractivity contribution < 1.29 is 19.1 Å². The maximum absolute atomic E-state index is 12.8. The number of amides is 1. The summed E-state index contributed by atoms with van der Waals surface area (Å²) in [6, 6.07) is 8.15. The van der Waals surface area contributed by atoms with E-state index in [1.54, 1.807) is 0 Å². The number of nitrogens with one attached hydrogen (secondary N) is 2. The first-order valence-electron chi connectivity index (χ1n) is 15.0. The molecule has 6 heteroatoms. The molecule has 0 saturated heterocycles. The molecule has 0 bridgehead atoms. The molecule has 1 aromatic heterocycles. The van der Waals surface area contributed by atoms with Crippen LogP contribution in [0.3, 0.4) is 0 Å². The minimum absolute atomic E-state index is 0.0144. The molecule has 6 rings (SSSR count). The molecule has 39 heavy (non-hydrogen) atoms. The Morgan fingerprint density at radius 1 is 1.03 bits per heavy atom. The Labute approximate surface area is 231 Å². The molecule has 6 nitrogen and oxygen atoms in total. The fourth-order valence-electron chi connectivity index (χ4n) is 8.90. The van der Waals surface area contributed by atoms with E-state index in [-0.39, 0.29) is 41.7 Å².